The molecule has 1 N–H and O–H groups in total. The van der Waals surface area contributed by atoms with Crippen LogP contribution >= 0.6 is 0 Å². The highest BCUT2D eigenvalue weighted by Crippen LogP contribution is 2.20. The van der Waals surface area contributed by atoms with Gasteiger partial charge in [0.1, 0.15) is 5.82 Å². The number of sulfone groups is 1. The zero-order chi connectivity index (χ0) is 17.7. The van der Waals surface area contributed by atoms with Crippen molar-refractivity contribution >= 4 is 21.4 Å². The van der Waals surface area contributed by atoms with Crippen molar-refractivity contribution in [3.05, 3.63) is 59.9 Å². The Bertz CT molecular complexity index is 821. The van der Waals surface area contributed by atoms with Gasteiger partial charge in [-0.15, -0.1) is 0 Å². The van der Waals surface area contributed by atoms with Crippen LogP contribution in [-0.4, -0.2) is 20.1 Å². The number of hydrogen-bond donors (Lipinski definition) is 1. The maximum atomic E-state index is 13.0. The summed E-state index contributed by atoms with van der Waals surface area (Å²) in [5.74, 6) is -4.24. The first-order valence-corrected chi connectivity index (χ1v) is 8.50. The van der Waals surface area contributed by atoms with E-state index in [1.54, 1.807) is 12.1 Å². The van der Waals surface area contributed by atoms with Crippen LogP contribution in [0, 0.1) is 5.82 Å². The lowest BCUT2D eigenvalue weighted by atomic mass is 10.1. The molecule has 0 aliphatic heterocycles. The molecule has 0 radical (unpaired) electrons. The number of carbonyl (C=O) groups excluding carboxylic acids is 1. The fourth-order valence-electron chi connectivity index (χ4n) is 2.00. The molecule has 0 spiro atoms. The van der Waals surface area contributed by atoms with Gasteiger partial charge < -0.3 is 5.32 Å². The maximum absolute atomic E-state index is 13.0. The molecule has 0 saturated heterocycles. The van der Waals surface area contributed by atoms with E-state index in [9.17, 15) is 26.4 Å². The van der Waals surface area contributed by atoms with E-state index < -0.39 is 20.5 Å². The Hall–Kier alpha value is -2.35. The third-order valence-electron chi connectivity index (χ3n) is 3.23. The van der Waals surface area contributed by atoms with Crippen LogP contribution in [-0.2, 0) is 21.1 Å². The summed E-state index contributed by atoms with van der Waals surface area (Å²) >= 11 is 0. The molecule has 0 bridgehead atoms. The molecule has 0 atom stereocenters. The lowest BCUT2D eigenvalue weighted by molar-refractivity contribution is -0.116. The van der Waals surface area contributed by atoms with E-state index in [4.69, 9.17) is 0 Å². The lowest BCUT2D eigenvalue weighted by Crippen LogP contribution is -2.13. The highest BCUT2D eigenvalue weighted by molar-refractivity contribution is 7.91. The fourth-order valence-corrected chi connectivity index (χ4v) is 2.73. The molecule has 2 aromatic rings. The van der Waals surface area contributed by atoms with Gasteiger partial charge in [-0.25, -0.2) is 12.8 Å². The quantitative estimate of drug-likeness (QED) is 0.862. The van der Waals surface area contributed by atoms with Crippen molar-refractivity contribution in [2.75, 3.05) is 5.32 Å². The maximum Gasteiger partial charge on any atom is 0.341 e. The minimum atomic E-state index is -4.65. The van der Waals surface area contributed by atoms with E-state index in [2.05, 4.69) is 5.32 Å². The average molecular weight is 357 g/mol. The highest BCUT2D eigenvalue weighted by Gasteiger charge is 2.26. The zero-order valence-electron chi connectivity index (χ0n) is 12.4. The summed E-state index contributed by atoms with van der Waals surface area (Å²) in [6.07, 6.45) is 0.433. The molecule has 0 aliphatic rings. The Morgan fingerprint density at radius 1 is 1.08 bits per heavy atom. The Balaban J connectivity index is 1.95. The van der Waals surface area contributed by atoms with E-state index in [1.165, 1.54) is 24.3 Å². The van der Waals surface area contributed by atoms with Crippen molar-refractivity contribution in [3.63, 3.8) is 0 Å². The van der Waals surface area contributed by atoms with Crippen LogP contribution < -0.4 is 5.32 Å². The Labute approximate surface area is 137 Å². The number of rotatable bonds is 6. The first kappa shape index (κ1) is 18.0. The SMILES string of the molecule is O=C(CCc1cccc(F)c1)Nc1ccc(S(=O)(=O)C(F)F)cc1. The lowest BCUT2D eigenvalue weighted by Gasteiger charge is -2.07. The second-order valence-electron chi connectivity index (χ2n) is 5.01. The largest absolute Gasteiger partial charge is 0.341 e. The topological polar surface area (TPSA) is 63.2 Å². The fraction of sp³-hybridized carbons (Fsp3) is 0.188. The number of benzene rings is 2. The molecule has 8 heteroatoms. The number of alkyl halides is 2. The summed E-state index contributed by atoms with van der Waals surface area (Å²) in [7, 11) is -4.65. The van der Waals surface area contributed by atoms with Crippen molar-refractivity contribution < 1.29 is 26.4 Å². The summed E-state index contributed by atoms with van der Waals surface area (Å²) in [5, 5.41) is 2.52. The van der Waals surface area contributed by atoms with Crippen LogP contribution in [0.15, 0.2) is 53.4 Å². The second kappa shape index (κ2) is 7.48. The van der Waals surface area contributed by atoms with E-state index in [1.807, 2.05) is 0 Å². The summed E-state index contributed by atoms with van der Waals surface area (Å²) in [6, 6.07) is 10.3. The standard InChI is InChI=1S/C16H14F3NO3S/c17-12-3-1-2-11(10-12)4-9-15(21)20-13-5-7-14(8-6-13)24(22,23)16(18)19/h1-3,5-8,10,16H,4,9H2,(H,20,21). The molecule has 0 fully saturated rings. The molecule has 0 heterocycles. The summed E-state index contributed by atoms with van der Waals surface area (Å²) in [6.45, 7) is 0. The predicted molar refractivity (Wildman–Crippen MR) is 83.0 cm³/mol. The van der Waals surface area contributed by atoms with Crippen LogP contribution in [0.3, 0.4) is 0 Å². The van der Waals surface area contributed by atoms with Gasteiger partial charge in [-0.3, -0.25) is 4.79 Å². The van der Waals surface area contributed by atoms with Gasteiger partial charge >= 0.3 is 5.76 Å². The monoisotopic (exact) mass is 357 g/mol. The van der Waals surface area contributed by atoms with E-state index in [-0.39, 0.29) is 23.8 Å². The first-order chi connectivity index (χ1) is 11.3. The predicted octanol–water partition coefficient (Wildman–Crippen LogP) is 3.39. The van der Waals surface area contributed by atoms with Crippen LogP contribution in [0.1, 0.15) is 12.0 Å². The summed E-state index contributed by atoms with van der Waals surface area (Å²) in [4.78, 5) is 11.3. The average Bonchev–Trinajstić information content (AvgIpc) is 2.53. The van der Waals surface area contributed by atoms with Crippen LogP contribution in [0.25, 0.3) is 0 Å². The van der Waals surface area contributed by atoms with Crippen LogP contribution in [0.5, 0.6) is 0 Å². The van der Waals surface area contributed by atoms with E-state index in [0.717, 1.165) is 12.1 Å². The van der Waals surface area contributed by atoms with Gasteiger partial charge in [-0.1, -0.05) is 12.1 Å². The van der Waals surface area contributed by atoms with Crippen LogP contribution in [0.4, 0.5) is 18.9 Å². The number of halogens is 3. The third-order valence-corrected chi connectivity index (χ3v) is 4.63. The molecule has 0 aromatic heterocycles. The summed E-state index contributed by atoms with van der Waals surface area (Å²) in [5.41, 5.74) is 0.955. The molecule has 1 amide bonds. The molecule has 0 saturated carbocycles. The van der Waals surface area contributed by atoms with Crippen molar-refractivity contribution in [2.45, 2.75) is 23.5 Å². The van der Waals surface area contributed by atoms with Gasteiger partial charge in [0.25, 0.3) is 0 Å². The van der Waals surface area contributed by atoms with Crippen molar-refractivity contribution in [2.24, 2.45) is 0 Å². The molecular weight excluding hydrogens is 343 g/mol. The molecule has 24 heavy (non-hydrogen) atoms. The molecule has 2 aromatic carbocycles. The molecule has 2 rings (SSSR count). The molecule has 0 unspecified atom stereocenters. The van der Waals surface area contributed by atoms with Gasteiger partial charge in [0.05, 0.1) is 4.90 Å². The van der Waals surface area contributed by atoms with Gasteiger partial charge in [-0.2, -0.15) is 8.78 Å². The smallest absolute Gasteiger partial charge is 0.326 e. The Kier molecular flexibility index (Phi) is 5.61. The second-order valence-corrected chi connectivity index (χ2v) is 6.93. The summed E-state index contributed by atoms with van der Waals surface area (Å²) < 4.78 is 60.4. The normalized spacial score (nSPS) is 11.5. The number of aryl methyl sites for hydroxylation is 1. The zero-order valence-corrected chi connectivity index (χ0v) is 13.2. The van der Waals surface area contributed by atoms with Crippen LogP contribution in [0.2, 0.25) is 0 Å². The molecule has 4 nitrogen and oxygen atoms in total. The molecular formula is C16H14F3NO3S. The third kappa shape index (κ3) is 4.58. The van der Waals surface area contributed by atoms with E-state index >= 15 is 0 Å². The Morgan fingerprint density at radius 2 is 1.75 bits per heavy atom. The minimum Gasteiger partial charge on any atom is -0.326 e. The number of anilines is 1. The van der Waals surface area contributed by atoms with E-state index in [0.29, 0.717) is 12.0 Å². The number of nitrogens with one attached hydrogen (secondary N) is 1. The number of amides is 1. The van der Waals surface area contributed by atoms with Crippen molar-refractivity contribution in [1.29, 1.82) is 0 Å². The highest BCUT2D eigenvalue weighted by atomic mass is 32.2. The number of carbonyl (C=O) groups is 1. The van der Waals surface area contributed by atoms with Gasteiger partial charge in [0, 0.05) is 12.1 Å². The minimum absolute atomic E-state index is 0.0978. The first-order valence-electron chi connectivity index (χ1n) is 6.95. The number of hydrogen-bond acceptors (Lipinski definition) is 3. The van der Waals surface area contributed by atoms with Crippen molar-refractivity contribution in [3.8, 4) is 0 Å². The molecule has 0 aliphatic carbocycles. The van der Waals surface area contributed by atoms with Gasteiger partial charge in [0.15, 0.2) is 0 Å². The Morgan fingerprint density at radius 3 is 2.33 bits per heavy atom. The van der Waals surface area contributed by atoms with Gasteiger partial charge in [-0.05, 0) is 48.4 Å². The van der Waals surface area contributed by atoms with Crippen molar-refractivity contribution in [1.82, 2.24) is 0 Å². The van der Waals surface area contributed by atoms with Gasteiger partial charge in [0.2, 0.25) is 15.7 Å². The molecule has 128 valence electrons.